The van der Waals surface area contributed by atoms with Gasteiger partial charge in [-0.05, 0) is 37.3 Å². The Kier molecular flexibility index (Phi) is 6.72. The van der Waals surface area contributed by atoms with Gasteiger partial charge in [0.05, 0.1) is 36.1 Å². The zero-order valence-electron chi connectivity index (χ0n) is 15.9. The van der Waals surface area contributed by atoms with Crippen molar-refractivity contribution in [2.75, 3.05) is 27.4 Å². The number of thiazole rings is 1. The molecule has 0 radical (unpaired) electrons. The van der Waals surface area contributed by atoms with E-state index in [4.69, 9.17) is 25.8 Å². The number of rotatable bonds is 7. The van der Waals surface area contributed by atoms with E-state index in [0.717, 1.165) is 10.2 Å². The second kappa shape index (κ2) is 9.23. The SMILES string of the molecule is CCOCCn1c(=NC(=O)c2ccc(OC)c(OC)c2)sc2cccc(Cl)c21. The molecule has 1 amide bonds. The minimum absolute atomic E-state index is 0.367. The van der Waals surface area contributed by atoms with Crippen LogP contribution < -0.4 is 14.3 Å². The number of hydrogen-bond acceptors (Lipinski definition) is 5. The van der Waals surface area contributed by atoms with Crippen LogP contribution in [0.3, 0.4) is 0 Å². The summed E-state index contributed by atoms with van der Waals surface area (Å²) in [5.74, 6) is 0.667. The first-order chi connectivity index (χ1) is 13.6. The molecule has 148 valence electrons. The van der Waals surface area contributed by atoms with Crippen LogP contribution in [0.25, 0.3) is 10.2 Å². The topological polar surface area (TPSA) is 62.1 Å². The molecule has 3 rings (SSSR count). The third kappa shape index (κ3) is 4.22. The molecule has 2 aromatic carbocycles. The number of carbonyl (C=O) groups excluding carboxylic acids is 1. The number of para-hydroxylation sites is 1. The second-order valence-corrected chi connectivity index (χ2v) is 7.22. The van der Waals surface area contributed by atoms with Gasteiger partial charge in [-0.2, -0.15) is 4.99 Å². The fourth-order valence-corrected chi connectivity index (χ4v) is 4.21. The van der Waals surface area contributed by atoms with Crippen molar-refractivity contribution < 1.29 is 19.0 Å². The lowest BCUT2D eigenvalue weighted by molar-refractivity contribution is 0.0996. The first kappa shape index (κ1) is 20.4. The van der Waals surface area contributed by atoms with E-state index in [9.17, 15) is 4.79 Å². The summed E-state index contributed by atoms with van der Waals surface area (Å²) in [7, 11) is 3.07. The van der Waals surface area contributed by atoms with Crippen molar-refractivity contribution in [2.45, 2.75) is 13.5 Å². The first-order valence-corrected chi connectivity index (χ1v) is 9.95. The summed E-state index contributed by atoms with van der Waals surface area (Å²) < 4.78 is 18.9. The maximum absolute atomic E-state index is 12.8. The molecule has 0 aliphatic heterocycles. The van der Waals surface area contributed by atoms with Crippen LogP contribution >= 0.6 is 22.9 Å². The molecule has 0 unspecified atom stereocenters. The lowest BCUT2D eigenvalue weighted by Gasteiger charge is -2.08. The normalized spacial score (nSPS) is 11.8. The number of halogens is 1. The van der Waals surface area contributed by atoms with E-state index < -0.39 is 0 Å². The van der Waals surface area contributed by atoms with Gasteiger partial charge in [0, 0.05) is 18.7 Å². The van der Waals surface area contributed by atoms with Crippen LogP contribution in [0, 0.1) is 0 Å². The molecular weight excluding hydrogens is 400 g/mol. The van der Waals surface area contributed by atoms with Crippen molar-refractivity contribution >= 4 is 39.1 Å². The van der Waals surface area contributed by atoms with Gasteiger partial charge in [-0.25, -0.2) is 0 Å². The van der Waals surface area contributed by atoms with Crippen molar-refractivity contribution in [1.29, 1.82) is 0 Å². The predicted octanol–water partition coefficient (Wildman–Crippen LogP) is 4.15. The molecule has 0 spiro atoms. The molecule has 3 aromatic rings. The van der Waals surface area contributed by atoms with Crippen LogP contribution in [0.2, 0.25) is 5.02 Å². The average molecular weight is 421 g/mol. The number of aromatic nitrogens is 1. The number of hydrogen-bond donors (Lipinski definition) is 0. The fourth-order valence-electron chi connectivity index (χ4n) is 2.80. The smallest absolute Gasteiger partial charge is 0.279 e. The van der Waals surface area contributed by atoms with Gasteiger partial charge in [0.25, 0.3) is 5.91 Å². The van der Waals surface area contributed by atoms with Gasteiger partial charge in [0.1, 0.15) is 0 Å². The molecule has 6 nitrogen and oxygen atoms in total. The quantitative estimate of drug-likeness (QED) is 0.538. The summed E-state index contributed by atoms with van der Waals surface area (Å²) in [6, 6.07) is 10.6. The maximum atomic E-state index is 12.8. The number of methoxy groups -OCH3 is 2. The summed E-state index contributed by atoms with van der Waals surface area (Å²) in [6.07, 6.45) is 0. The molecule has 0 saturated carbocycles. The van der Waals surface area contributed by atoms with Crippen LogP contribution in [0.5, 0.6) is 11.5 Å². The Bertz CT molecular complexity index is 1060. The van der Waals surface area contributed by atoms with Crippen LogP contribution in [-0.4, -0.2) is 37.9 Å². The molecule has 0 aliphatic rings. The third-order valence-corrected chi connectivity index (χ3v) is 5.49. The lowest BCUT2D eigenvalue weighted by atomic mass is 10.2. The Balaban J connectivity index is 2.06. The minimum Gasteiger partial charge on any atom is -0.493 e. The van der Waals surface area contributed by atoms with E-state index in [1.54, 1.807) is 25.3 Å². The van der Waals surface area contributed by atoms with E-state index in [2.05, 4.69) is 4.99 Å². The van der Waals surface area contributed by atoms with E-state index >= 15 is 0 Å². The molecule has 8 heteroatoms. The van der Waals surface area contributed by atoms with Crippen molar-refractivity contribution in [2.24, 2.45) is 4.99 Å². The number of fused-ring (bicyclic) bond motifs is 1. The third-order valence-electron chi connectivity index (χ3n) is 4.14. The van der Waals surface area contributed by atoms with Gasteiger partial charge in [-0.3, -0.25) is 4.79 Å². The molecule has 0 aliphatic carbocycles. The van der Waals surface area contributed by atoms with Crippen molar-refractivity contribution in [3.05, 3.63) is 51.8 Å². The number of benzene rings is 2. The Hall–Kier alpha value is -2.35. The molecule has 1 aromatic heterocycles. The Labute approximate surface area is 171 Å². The maximum Gasteiger partial charge on any atom is 0.279 e. The highest BCUT2D eigenvalue weighted by molar-refractivity contribution is 7.16. The van der Waals surface area contributed by atoms with Crippen molar-refractivity contribution in [3.63, 3.8) is 0 Å². The monoisotopic (exact) mass is 420 g/mol. The molecule has 1 heterocycles. The molecular formula is C20H21ClN2O4S. The van der Waals surface area contributed by atoms with Crippen LogP contribution in [-0.2, 0) is 11.3 Å². The van der Waals surface area contributed by atoms with E-state index in [0.29, 0.717) is 46.6 Å². The molecule has 0 saturated heterocycles. The van der Waals surface area contributed by atoms with E-state index in [1.807, 2.05) is 29.7 Å². The van der Waals surface area contributed by atoms with Crippen molar-refractivity contribution in [1.82, 2.24) is 4.57 Å². The summed E-state index contributed by atoms with van der Waals surface area (Å²) in [5, 5.41) is 0.616. The zero-order valence-corrected chi connectivity index (χ0v) is 17.5. The van der Waals surface area contributed by atoms with Crippen LogP contribution in [0.15, 0.2) is 41.4 Å². The van der Waals surface area contributed by atoms with Gasteiger partial charge >= 0.3 is 0 Å². The van der Waals surface area contributed by atoms with Crippen molar-refractivity contribution in [3.8, 4) is 11.5 Å². The lowest BCUT2D eigenvalue weighted by Crippen LogP contribution is -2.20. The number of carbonyl (C=O) groups is 1. The number of nitrogens with zero attached hydrogens (tertiary/aromatic N) is 2. The zero-order chi connectivity index (χ0) is 20.1. The fraction of sp³-hybridized carbons (Fsp3) is 0.300. The van der Waals surface area contributed by atoms with Gasteiger partial charge in [-0.15, -0.1) is 0 Å². The Morgan fingerprint density at radius 3 is 2.68 bits per heavy atom. The largest absolute Gasteiger partial charge is 0.493 e. The number of ether oxygens (including phenoxy) is 3. The first-order valence-electron chi connectivity index (χ1n) is 8.75. The highest BCUT2D eigenvalue weighted by Crippen LogP contribution is 2.28. The number of amides is 1. The second-order valence-electron chi connectivity index (χ2n) is 5.81. The highest BCUT2D eigenvalue weighted by Gasteiger charge is 2.13. The van der Waals surface area contributed by atoms with Crippen LogP contribution in [0.4, 0.5) is 0 Å². The minimum atomic E-state index is -0.367. The highest BCUT2D eigenvalue weighted by atomic mass is 35.5. The Morgan fingerprint density at radius 2 is 1.96 bits per heavy atom. The van der Waals surface area contributed by atoms with E-state index in [1.165, 1.54) is 18.4 Å². The molecule has 0 bridgehead atoms. The van der Waals surface area contributed by atoms with Crippen LogP contribution in [0.1, 0.15) is 17.3 Å². The molecule has 0 N–H and O–H groups in total. The predicted molar refractivity (Wildman–Crippen MR) is 111 cm³/mol. The Morgan fingerprint density at radius 1 is 1.18 bits per heavy atom. The van der Waals surface area contributed by atoms with Gasteiger partial charge in [-0.1, -0.05) is 29.0 Å². The van der Waals surface area contributed by atoms with Gasteiger partial charge in [0.15, 0.2) is 16.3 Å². The standard InChI is InChI=1S/C20H21ClN2O4S/c1-4-27-11-10-23-18-14(21)6-5-7-17(18)28-20(23)22-19(24)13-8-9-15(25-2)16(12-13)26-3/h5-9,12H,4,10-11H2,1-3H3. The molecule has 0 fully saturated rings. The molecule has 28 heavy (non-hydrogen) atoms. The summed E-state index contributed by atoms with van der Waals surface area (Å²) in [5.41, 5.74) is 1.27. The molecule has 0 atom stereocenters. The average Bonchev–Trinajstić information content (AvgIpc) is 3.06. The summed E-state index contributed by atoms with van der Waals surface area (Å²) in [6.45, 7) is 3.61. The van der Waals surface area contributed by atoms with E-state index in [-0.39, 0.29) is 5.91 Å². The van der Waals surface area contributed by atoms with Gasteiger partial charge < -0.3 is 18.8 Å². The summed E-state index contributed by atoms with van der Waals surface area (Å²) >= 11 is 7.82. The summed E-state index contributed by atoms with van der Waals surface area (Å²) in [4.78, 5) is 17.7. The van der Waals surface area contributed by atoms with Gasteiger partial charge in [0.2, 0.25) is 0 Å².